The van der Waals surface area contributed by atoms with Gasteiger partial charge in [0.15, 0.2) is 0 Å². The minimum absolute atomic E-state index is 0.254. The second kappa shape index (κ2) is 11.5. The van der Waals surface area contributed by atoms with Crippen molar-refractivity contribution in [1.29, 1.82) is 0 Å². The van der Waals surface area contributed by atoms with Gasteiger partial charge in [-0.05, 0) is 12.8 Å². The summed E-state index contributed by atoms with van der Waals surface area (Å²) in [5.41, 5.74) is 0. The molecule has 0 aliphatic rings. The van der Waals surface area contributed by atoms with Gasteiger partial charge in [0.1, 0.15) is 0 Å². The molecule has 0 aromatic rings. The fraction of sp³-hybridized carbons (Fsp3) is 0.923. The van der Waals surface area contributed by atoms with Gasteiger partial charge in [0, 0.05) is 30.7 Å². The molecule has 17 heavy (non-hydrogen) atoms. The molecule has 0 radical (unpaired) electrons. The number of carbonyl (C=O) groups is 1. The molecule has 0 aliphatic carbocycles. The van der Waals surface area contributed by atoms with Crippen molar-refractivity contribution in [2.75, 3.05) is 19.4 Å². The van der Waals surface area contributed by atoms with Crippen LogP contribution in [-0.4, -0.2) is 35.1 Å². The molecule has 0 spiro atoms. The molecular formula is C13H25Br2NO. The smallest absolute Gasteiger partial charge is 0.222 e. The van der Waals surface area contributed by atoms with E-state index in [1.807, 2.05) is 14.1 Å². The van der Waals surface area contributed by atoms with Crippen molar-refractivity contribution in [3.63, 3.8) is 0 Å². The van der Waals surface area contributed by atoms with Crippen molar-refractivity contribution in [3.05, 3.63) is 0 Å². The molecule has 0 rings (SSSR count). The van der Waals surface area contributed by atoms with Crippen molar-refractivity contribution in [1.82, 2.24) is 4.90 Å². The highest BCUT2D eigenvalue weighted by molar-refractivity contribution is 9.12. The van der Waals surface area contributed by atoms with Crippen LogP contribution in [0.4, 0.5) is 0 Å². The van der Waals surface area contributed by atoms with Gasteiger partial charge in [0.05, 0.1) is 0 Å². The van der Waals surface area contributed by atoms with Crippen molar-refractivity contribution in [2.45, 2.75) is 56.2 Å². The summed E-state index contributed by atoms with van der Waals surface area (Å²) in [6, 6.07) is 0. The summed E-state index contributed by atoms with van der Waals surface area (Å²) >= 11 is 7.07. The van der Waals surface area contributed by atoms with Crippen molar-refractivity contribution in [2.24, 2.45) is 0 Å². The normalized spacial score (nSPS) is 12.5. The molecule has 4 heteroatoms. The standard InChI is InChI=1S/C13H25Br2NO/c1-16(2)13(17)10-8-6-4-3-5-7-9-12(15)11-14/h12H,3-11H2,1-2H3. The number of hydrogen-bond acceptors (Lipinski definition) is 1. The van der Waals surface area contributed by atoms with Gasteiger partial charge < -0.3 is 4.90 Å². The largest absolute Gasteiger partial charge is 0.349 e. The Labute approximate surface area is 123 Å². The average molecular weight is 371 g/mol. The first-order valence-electron chi connectivity index (χ1n) is 6.48. The lowest BCUT2D eigenvalue weighted by Crippen LogP contribution is -2.20. The van der Waals surface area contributed by atoms with Gasteiger partial charge >= 0.3 is 0 Å². The predicted octanol–water partition coefficient (Wildman–Crippen LogP) is 4.35. The van der Waals surface area contributed by atoms with Gasteiger partial charge in [-0.3, -0.25) is 4.79 Å². The molecule has 1 amide bonds. The highest BCUT2D eigenvalue weighted by Crippen LogP contribution is 2.15. The van der Waals surface area contributed by atoms with Crippen LogP contribution >= 0.6 is 31.9 Å². The van der Waals surface area contributed by atoms with Crippen LogP contribution in [0.5, 0.6) is 0 Å². The zero-order valence-electron chi connectivity index (χ0n) is 11.1. The van der Waals surface area contributed by atoms with Crippen LogP contribution in [0.2, 0.25) is 0 Å². The molecule has 0 aromatic heterocycles. The molecule has 0 aliphatic heterocycles. The second-order valence-corrected chi connectivity index (χ2v) is 6.64. The lowest BCUT2D eigenvalue weighted by Gasteiger charge is -2.09. The number of hydrogen-bond donors (Lipinski definition) is 0. The maximum absolute atomic E-state index is 11.3. The fourth-order valence-corrected chi connectivity index (χ4v) is 2.30. The highest BCUT2D eigenvalue weighted by Gasteiger charge is 2.03. The van der Waals surface area contributed by atoms with Crippen LogP contribution in [0, 0.1) is 0 Å². The Kier molecular flexibility index (Phi) is 11.8. The van der Waals surface area contributed by atoms with E-state index < -0.39 is 0 Å². The lowest BCUT2D eigenvalue weighted by atomic mass is 10.1. The van der Waals surface area contributed by atoms with Crippen LogP contribution in [0.25, 0.3) is 0 Å². The molecule has 0 N–H and O–H groups in total. The van der Waals surface area contributed by atoms with Gasteiger partial charge in [-0.2, -0.15) is 0 Å². The zero-order valence-corrected chi connectivity index (χ0v) is 14.2. The number of rotatable bonds is 10. The van der Waals surface area contributed by atoms with E-state index in [1.54, 1.807) is 4.90 Å². The molecule has 0 fully saturated rings. The third-order valence-corrected chi connectivity index (χ3v) is 5.26. The van der Waals surface area contributed by atoms with E-state index in [1.165, 1.54) is 38.5 Å². The summed E-state index contributed by atoms with van der Waals surface area (Å²) in [6.45, 7) is 0. The molecule has 0 heterocycles. The Balaban J connectivity index is 3.16. The number of amides is 1. The van der Waals surface area contributed by atoms with E-state index in [4.69, 9.17) is 0 Å². The number of halogens is 2. The summed E-state index contributed by atoms with van der Waals surface area (Å²) in [6.07, 6.45) is 9.38. The first kappa shape index (κ1) is 17.4. The predicted molar refractivity (Wildman–Crippen MR) is 82.1 cm³/mol. The second-order valence-electron chi connectivity index (χ2n) is 4.70. The Hall–Kier alpha value is 0.430. The van der Waals surface area contributed by atoms with E-state index >= 15 is 0 Å². The summed E-state index contributed by atoms with van der Waals surface area (Å²) in [7, 11) is 3.64. The summed E-state index contributed by atoms with van der Waals surface area (Å²) in [5.74, 6) is 0.254. The highest BCUT2D eigenvalue weighted by atomic mass is 79.9. The summed E-state index contributed by atoms with van der Waals surface area (Å²) in [4.78, 5) is 13.6. The molecule has 0 aromatic carbocycles. The molecule has 1 unspecified atom stereocenters. The number of alkyl halides is 2. The van der Waals surface area contributed by atoms with Crippen molar-refractivity contribution < 1.29 is 4.79 Å². The van der Waals surface area contributed by atoms with Gasteiger partial charge in [0.2, 0.25) is 5.91 Å². The van der Waals surface area contributed by atoms with Gasteiger partial charge in [-0.25, -0.2) is 0 Å². The van der Waals surface area contributed by atoms with E-state index in [-0.39, 0.29) is 5.91 Å². The Bertz CT molecular complexity index is 198. The zero-order chi connectivity index (χ0) is 13.1. The van der Waals surface area contributed by atoms with Gasteiger partial charge in [-0.15, -0.1) is 0 Å². The lowest BCUT2D eigenvalue weighted by molar-refractivity contribution is -0.128. The number of carbonyl (C=O) groups excluding carboxylic acids is 1. The maximum Gasteiger partial charge on any atom is 0.222 e. The quantitative estimate of drug-likeness (QED) is 0.413. The van der Waals surface area contributed by atoms with Crippen LogP contribution in [0.1, 0.15) is 51.4 Å². The van der Waals surface area contributed by atoms with Crippen LogP contribution in [-0.2, 0) is 4.79 Å². The van der Waals surface area contributed by atoms with Gasteiger partial charge in [0.25, 0.3) is 0 Å². The van der Waals surface area contributed by atoms with Crippen LogP contribution < -0.4 is 0 Å². The molecule has 102 valence electrons. The topological polar surface area (TPSA) is 20.3 Å². The summed E-state index contributed by atoms with van der Waals surface area (Å²) < 4.78 is 0. The average Bonchev–Trinajstić information content (AvgIpc) is 2.31. The molecule has 0 saturated heterocycles. The van der Waals surface area contributed by atoms with Crippen molar-refractivity contribution in [3.8, 4) is 0 Å². The van der Waals surface area contributed by atoms with E-state index in [0.717, 1.165) is 11.8 Å². The number of nitrogens with zero attached hydrogens (tertiary/aromatic N) is 1. The molecule has 1 atom stereocenters. The van der Waals surface area contributed by atoms with E-state index in [9.17, 15) is 4.79 Å². The molecular weight excluding hydrogens is 346 g/mol. The molecule has 2 nitrogen and oxygen atoms in total. The Morgan fingerprint density at radius 1 is 1.06 bits per heavy atom. The minimum Gasteiger partial charge on any atom is -0.349 e. The summed E-state index contributed by atoms with van der Waals surface area (Å²) in [5, 5.41) is 1.04. The Morgan fingerprint density at radius 3 is 2.12 bits per heavy atom. The fourth-order valence-electron chi connectivity index (χ4n) is 1.65. The van der Waals surface area contributed by atoms with Gasteiger partial charge in [-0.1, -0.05) is 64.0 Å². The molecule has 0 saturated carbocycles. The minimum atomic E-state index is 0.254. The third-order valence-electron chi connectivity index (χ3n) is 2.82. The first-order valence-corrected chi connectivity index (χ1v) is 8.51. The third kappa shape index (κ3) is 11.3. The molecule has 0 bridgehead atoms. The Morgan fingerprint density at radius 2 is 1.59 bits per heavy atom. The van der Waals surface area contributed by atoms with Crippen LogP contribution in [0.15, 0.2) is 0 Å². The SMILES string of the molecule is CN(C)C(=O)CCCCCCCCC(Br)CBr. The van der Waals surface area contributed by atoms with Crippen LogP contribution in [0.3, 0.4) is 0 Å². The van der Waals surface area contributed by atoms with E-state index in [0.29, 0.717) is 11.2 Å². The number of unbranched alkanes of at least 4 members (excludes halogenated alkanes) is 5. The van der Waals surface area contributed by atoms with E-state index in [2.05, 4.69) is 31.9 Å². The first-order chi connectivity index (χ1) is 8.07. The monoisotopic (exact) mass is 369 g/mol. The maximum atomic E-state index is 11.3. The van der Waals surface area contributed by atoms with Crippen molar-refractivity contribution >= 4 is 37.8 Å².